The van der Waals surface area contributed by atoms with Gasteiger partial charge in [-0.3, -0.25) is 0 Å². The molecule has 1 aromatic carbocycles. The zero-order valence-corrected chi connectivity index (χ0v) is 10.2. The monoisotopic (exact) mass is 233 g/mol. The van der Waals surface area contributed by atoms with Crippen LogP contribution in [0.25, 0.3) is 10.8 Å². The third-order valence-corrected chi connectivity index (χ3v) is 2.40. The Kier molecular flexibility index (Phi) is 2.65. The molecule has 0 amide bonds. The van der Waals surface area contributed by atoms with Crippen molar-refractivity contribution in [3.63, 3.8) is 0 Å². The van der Waals surface area contributed by atoms with Crippen LogP contribution in [0.5, 0.6) is 0 Å². The standard InChI is InChI=1S/C13H16FN3/c1-13(2,3)17-12-11-8(6-7-16-12)10(15)5-4-9(11)14/h4-7H,15H2,1-3H3,(H,16,17). The Labute approximate surface area is 99.8 Å². The molecule has 0 saturated carbocycles. The molecule has 0 spiro atoms. The van der Waals surface area contributed by atoms with E-state index in [2.05, 4.69) is 10.3 Å². The zero-order chi connectivity index (χ0) is 12.6. The average Bonchev–Trinajstić information content (AvgIpc) is 2.21. The Bertz CT molecular complexity index is 558. The lowest BCUT2D eigenvalue weighted by Crippen LogP contribution is -2.26. The third kappa shape index (κ3) is 2.30. The van der Waals surface area contributed by atoms with Gasteiger partial charge in [0.2, 0.25) is 0 Å². The maximum absolute atomic E-state index is 13.9. The number of benzene rings is 1. The molecular weight excluding hydrogens is 217 g/mol. The molecule has 4 heteroatoms. The van der Waals surface area contributed by atoms with Crippen molar-refractivity contribution in [1.82, 2.24) is 4.98 Å². The minimum Gasteiger partial charge on any atom is -0.398 e. The van der Waals surface area contributed by atoms with Crippen LogP contribution in [-0.4, -0.2) is 10.5 Å². The smallest absolute Gasteiger partial charge is 0.137 e. The van der Waals surface area contributed by atoms with Crippen molar-refractivity contribution in [2.75, 3.05) is 11.1 Å². The van der Waals surface area contributed by atoms with Crippen molar-refractivity contribution in [2.45, 2.75) is 26.3 Å². The van der Waals surface area contributed by atoms with Crippen LogP contribution >= 0.6 is 0 Å². The van der Waals surface area contributed by atoms with E-state index < -0.39 is 0 Å². The quantitative estimate of drug-likeness (QED) is 0.744. The number of hydrogen-bond donors (Lipinski definition) is 2. The number of aromatic nitrogens is 1. The molecule has 0 saturated heterocycles. The normalized spacial score (nSPS) is 11.8. The lowest BCUT2D eigenvalue weighted by atomic mass is 10.1. The van der Waals surface area contributed by atoms with Gasteiger partial charge in [-0.05, 0) is 39.0 Å². The number of nitrogen functional groups attached to an aromatic ring is 1. The van der Waals surface area contributed by atoms with Gasteiger partial charge < -0.3 is 11.1 Å². The van der Waals surface area contributed by atoms with E-state index in [-0.39, 0.29) is 11.4 Å². The van der Waals surface area contributed by atoms with E-state index in [1.807, 2.05) is 20.8 Å². The van der Waals surface area contributed by atoms with E-state index in [1.54, 1.807) is 18.3 Å². The second-order valence-electron chi connectivity index (χ2n) is 5.09. The van der Waals surface area contributed by atoms with Gasteiger partial charge in [-0.15, -0.1) is 0 Å². The molecule has 0 unspecified atom stereocenters. The van der Waals surface area contributed by atoms with Gasteiger partial charge in [0, 0.05) is 22.8 Å². The molecule has 2 aromatic rings. The van der Waals surface area contributed by atoms with Crippen LogP contribution in [0.15, 0.2) is 24.4 Å². The molecule has 0 aliphatic carbocycles. The maximum atomic E-state index is 13.9. The largest absolute Gasteiger partial charge is 0.398 e. The van der Waals surface area contributed by atoms with Crippen LogP contribution in [0, 0.1) is 5.82 Å². The number of nitrogens with one attached hydrogen (secondary N) is 1. The highest BCUT2D eigenvalue weighted by molar-refractivity contribution is 5.99. The predicted molar refractivity (Wildman–Crippen MR) is 69.5 cm³/mol. The second-order valence-corrected chi connectivity index (χ2v) is 5.09. The van der Waals surface area contributed by atoms with Crippen LogP contribution in [0.4, 0.5) is 15.9 Å². The molecule has 0 atom stereocenters. The molecule has 2 rings (SSSR count). The first-order chi connectivity index (χ1) is 7.88. The maximum Gasteiger partial charge on any atom is 0.137 e. The molecule has 90 valence electrons. The molecule has 0 radical (unpaired) electrons. The van der Waals surface area contributed by atoms with Gasteiger partial charge in [-0.2, -0.15) is 0 Å². The molecule has 3 nitrogen and oxygen atoms in total. The van der Waals surface area contributed by atoms with Gasteiger partial charge in [-0.25, -0.2) is 9.37 Å². The molecule has 0 aliphatic heterocycles. The number of hydrogen-bond acceptors (Lipinski definition) is 3. The minimum absolute atomic E-state index is 0.182. The third-order valence-electron chi connectivity index (χ3n) is 2.40. The van der Waals surface area contributed by atoms with Gasteiger partial charge in [0.15, 0.2) is 0 Å². The van der Waals surface area contributed by atoms with Crippen LogP contribution in [-0.2, 0) is 0 Å². The van der Waals surface area contributed by atoms with Crippen LogP contribution in [0.3, 0.4) is 0 Å². The van der Waals surface area contributed by atoms with Crippen molar-refractivity contribution in [1.29, 1.82) is 0 Å². The molecule has 17 heavy (non-hydrogen) atoms. The van der Waals surface area contributed by atoms with Crippen molar-refractivity contribution >= 4 is 22.3 Å². The van der Waals surface area contributed by atoms with E-state index in [9.17, 15) is 4.39 Å². The van der Waals surface area contributed by atoms with Crippen LogP contribution < -0.4 is 11.1 Å². The molecule has 0 fully saturated rings. The molecule has 1 aromatic heterocycles. The van der Waals surface area contributed by atoms with Crippen molar-refractivity contribution in [2.24, 2.45) is 0 Å². The first-order valence-corrected chi connectivity index (χ1v) is 5.49. The number of nitrogens with two attached hydrogens (primary N) is 1. The Hall–Kier alpha value is -1.84. The van der Waals surface area contributed by atoms with Crippen molar-refractivity contribution in [3.8, 4) is 0 Å². The molecule has 1 heterocycles. The minimum atomic E-state index is -0.311. The van der Waals surface area contributed by atoms with E-state index >= 15 is 0 Å². The van der Waals surface area contributed by atoms with Gasteiger partial charge in [-0.1, -0.05) is 0 Å². The number of rotatable bonds is 1. The number of anilines is 2. The molecular formula is C13H16FN3. The number of fused-ring (bicyclic) bond motifs is 1. The summed E-state index contributed by atoms with van der Waals surface area (Å²) in [5.41, 5.74) is 6.21. The fraction of sp³-hybridized carbons (Fsp3) is 0.308. The Morgan fingerprint density at radius 1 is 1.24 bits per heavy atom. The lowest BCUT2D eigenvalue weighted by molar-refractivity contribution is 0.625. The van der Waals surface area contributed by atoms with E-state index in [4.69, 9.17) is 5.73 Å². The lowest BCUT2D eigenvalue weighted by Gasteiger charge is -2.22. The fourth-order valence-corrected chi connectivity index (χ4v) is 1.73. The summed E-state index contributed by atoms with van der Waals surface area (Å²) in [7, 11) is 0. The highest BCUT2D eigenvalue weighted by atomic mass is 19.1. The predicted octanol–water partition coefficient (Wildman–Crippen LogP) is 3.17. The van der Waals surface area contributed by atoms with E-state index in [0.29, 0.717) is 22.3 Å². The SMILES string of the molecule is CC(C)(C)Nc1nccc2c(N)ccc(F)c12. The fourth-order valence-electron chi connectivity index (χ4n) is 1.73. The summed E-state index contributed by atoms with van der Waals surface area (Å²) in [4.78, 5) is 4.19. The highest BCUT2D eigenvalue weighted by Gasteiger charge is 2.15. The summed E-state index contributed by atoms with van der Waals surface area (Å²) in [6.07, 6.45) is 1.63. The Balaban J connectivity index is 2.68. The topological polar surface area (TPSA) is 50.9 Å². The highest BCUT2D eigenvalue weighted by Crippen LogP contribution is 2.29. The number of pyridine rings is 1. The van der Waals surface area contributed by atoms with Crippen LogP contribution in [0.1, 0.15) is 20.8 Å². The van der Waals surface area contributed by atoms with Gasteiger partial charge in [0.25, 0.3) is 0 Å². The average molecular weight is 233 g/mol. The Morgan fingerprint density at radius 2 is 1.94 bits per heavy atom. The first-order valence-electron chi connectivity index (χ1n) is 5.49. The number of nitrogens with zero attached hydrogens (tertiary/aromatic N) is 1. The zero-order valence-electron chi connectivity index (χ0n) is 10.2. The van der Waals surface area contributed by atoms with E-state index in [1.165, 1.54) is 6.07 Å². The second kappa shape index (κ2) is 3.87. The Morgan fingerprint density at radius 3 is 2.59 bits per heavy atom. The molecule has 3 N–H and O–H groups in total. The summed E-state index contributed by atoms with van der Waals surface area (Å²) in [5.74, 6) is 0.217. The van der Waals surface area contributed by atoms with Gasteiger partial charge >= 0.3 is 0 Å². The summed E-state index contributed by atoms with van der Waals surface area (Å²) in [5, 5.41) is 4.32. The van der Waals surface area contributed by atoms with Crippen LogP contribution in [0.2, 0.25) is 0 Å². The first kappa shape index (κ1) is 11.6. The number of halogens is 1. The summed E-state index contributed by atoms with van der Waals surface area (Å²) in [6.45, 7) is 5.99. The van der Waals surface area contributed by atoms with Crippen molar-refractivity contribution in [3.05, 3.63) is 30.2 Å². The van der Waals surface area contributed by atoms with Gasteiger partial charge in [0.05, 0.1) is 5.39 Å². The van der Waals surface area contributed by atoms with Gasteiger partial charge in [0.1, 0.15) is 11.6 Å². The molecule has 0 aliphatic rings. The summed E-state index contributed by atoms with van der Waals surface area (Å²) in [6, 6.07) is 4.66. The van der Waals surface area contributed by atoms with E-state index in [0.717, 1.165) is 0 Å². The molecule has 0 bridgehead atoms. The summed E-state index contributed by atoms with van der Waals surface area (Å²) >= 11 is 0. The summed E-state index contributed by atoms with van der Waals surface area (Å²) < 4.78 is 13.9. The van der Waals surface area contributed by atoms with Crippen molar-refractivity contribution < 1.29 is 4.39 Å².